The fraction of sp³-hybridized carbons (Fsp3) is 0.647. The van der Waals surface area contributed by atoms with E-state index in [1.54, 1.807) is 0 Å². The van der Waals surface area contributed by atoms with Gasteiger partial charge in [0.2, 0.25) is 0 Å². The van der Waals surface area contributed by atoms with Crippen LogP contribution >= 0.6 is 0 Å². The maximum Gasteiger partial charge on any atom is 0.413 e. The van der Waals surface area contributed by atoms with Gasteiger partial charge >= 0.3 is 6.09 Å². The number of nitrogens with zero attached hydrogens (tertiary/aromatic N) is 2. The van der Waals surface area contributed by atoms with Crippen molar-refractivity contribution in [3.63, 3.8) is 0 Å². The highest BCUT2D eigenvalue weighted by Crippen LogP contribution is 2.20. The molecular weight excluding hydrogens is 292 g/mol. The lowest BCUT2D eigenvalue weighted by molar-refractivity contribution is 0.0635. The molecule has 1 unspecified atom stereocenters. The summed E-state index contributed by atoms with van der Waals surface area (Å²) >= 11 is 0. The number of aromatic nitrogens is 1. The summed E-state index contributed by atoms with van der Waals surface area (Å²) in [6, 6.07) is 4.06. The van der Waals surface area contributed by atoms with E-state index in [0.29, 0.717) is 11.7 Å². The summed E-state index contributed by atoms with van der Waals surface area (Å²) < 4.78 is 5.27. The molecule has 1 aromatic rings. The number of anilines is 1. The van der Waals surface area contributed by atoms with Crippen LogP contribution in [0, 0.1) is 12.8 Å². The molecule has 6 heteroatoms. The Morgan fingerprint density at radius 1 is 1.43 bits per heavy atom. The van der Waals surface area contributed by atoms with Gasteiger partial charge < -0.3 is 15.4 Å². The maximum atomic E-state index is 11.9. The van der Waals surface area contributed by atoms with E-state index in [1.165, 1.54) is 0 Å². The minimum Gasteiger partial charge on any atom is -0.444 e. The molecule has 2 heterocycles. The predicted molar refractivity (Wildman–Crippen MR) is 91.5 cm³/mol. The molecule has 2 rings (SSSR count). The van der Waals surface area contributed by atoms with Crippen LogP contribution in [0.5, 0.6) is 0 Å². The molecule has 0 spiro atoms. The molecule has 0 bridgehead atoms. The first-order valence-electron chi connectivity index (χ1n) is 8.04. The van der Waals surface area contributed by atoms with Gasteiger partial charge in [0.15, 0.2) is 0 Å². The van der Waals surface area contributed by atoms with Crippen LogP contribution in [0.15, 0.2) is 12.1 Å². The number of nitrogens with two attached hydrogens (primary N) is 1. The van der Waals surface area contributed by atoms with E-state index in [1.807, 2.05) is 39.8 Å². The van der Waals surface area contributed by atoms with Gasteiger partial charge in [-0.05, 0) is 64.8 Å². The van der Waals surface area contributed by atoms with Crippen LogP contribution in [0.25, 0.3) is 0 Å². The van der Waals surface area contributed by atoms with E-state index in [0.717, 1.165) is 30.8 Å². The zero-order valence-electron chi connectivity index (χ0n) is 14.7. The van der Waals surface area contributed by atoms with Crippen LogP contribution in [0.4, 0.5) is 10.6 Å². The summed E-state index contributed by atoms with van der Waals surface area (Å²) in [6.07, 6.45) is 0.328. The number of aryl methyl sites for hydroxylation is 1. The van der Waals surface area contributed by atoms with E-state index in [4.69, 9.17) is 10.5 Å². The standard InChI is InChI=1S/C17H28N4O2/c1-11-6-13(8-12-9-21(5)10-14(12)18)19-15(7-11)20-16(22)23-17(2,3)4/h6-7,12,14H,8-10,18H2,1-5H3,(H,19,20,22)/t12?,14-/m0/s1. The number of hydrogen-bond acceptors (Lipinski definition) is 5. The second kappa shape index (κ2) is 6.84. The fourth-order valence-electron chi connectivity index (χ4n) is 2.92. The molecular formula is C17H28N4O2. The van der Waals surface area contributed by atoms with Crippen molar-refractivity contribution in [1.82, 2.24) is 9.88 Å². The Morgan fingerprint density at radius 3 is 2.70 bits per heavy atom. The summed E-state index contributed by atoms with van der Waals surface area (Å²) in [7, 11) is 2.08. The molecule has 1 aliphatic rings. The SMILES string of the molecule is Cc1cc(CC2CN(C)C[C@@H]2N)nc(NC(=O)OC(C)(C)C)c1. The summed E-state index contributed by atoms with van der Waals surface area (Å²) in [6.45, 7) is 9.39. The summed E-state index contributed by atoms with van der Waals surface area (Å²) in [5, 5.41) is 2.71. The number of amides is 1. The van der Waals surface area contributed by atoms with Crippen molar-refractivity contribution >= 4 is 11.9 Å². The van der Waals surface area contributed by atoms with Crippen molar-refractivity contribution in [2.45, 2.75) is 45.8 Å². The minimum absolute atomic E-state index is 0.171. The molecule has 0 aromatic carbocycles. The van der Waals surface area contributed by atoms with E-state index in [-0.39, 0.29) is 6.04 Å². The number of carbonyl (C=O) groups is 1. The molecule has 1 aliphatic heterocycles. The summed E-state index contributed by atoms with van der Waals surface area (Å²) in [4.78, 5) is 18.7. The Balaban J connectivity index is 2.05. The third-order valence-corrected chi connectivity index (χ3v) is 3.80. The molecule has 0 aliphatic carbocycles. The van der Waals surface area contributed by atoms with Crippen LogP contribution in [-0.4, -0.2) is 47.8 Å². The number of nitrogens with one attached hydrogen (secondary N) is 1. The van der Waals surface area contributed by atoms with Crippen LogP contribution in [0.3, 0.4) is 0 Å². The van der Waals surface area contributed by atoms with E-state index in [9.17, 15) is 4.79 Å². The van der Waals surface area contributed by atoms with Crippen molar-refractivity contribution in [3.05, 3.63) is 23.4 Å². The van der Waals surface area contributed by atoms with Crippen LogP contribution in [-0.2, 0) is 11.2 Å². The first-order chi connectivity index (χ1) is 10.6. The van der Waals surface area contributed by atoms with Gasteiger partial charge in [0.1, 0.15) is 11.4 Å². The van der Waals surface area contributed by atoms with Gasteiger partial charge in [0.25, 0.3) is 0 Å². The molecule has 23 heavy (non-hydrogen) atoms. The molecule has 3 N–H and O–H groups in total. The summed E-state index contributed by atoms with van der Waals surface area (Å²) in [5.74, 6) is 0.915. The number of ether oxygens (including phenoxy) is 1. The second-order valence-corrected chi connectivity index (χ2v) is 7.50. The number of hydrogen-bond donors (Lipinski definition) is 2. The van der Waals surface area contributed by atoms with Crippen molar-refractivity contribution in [2.24, 2.45) is 11.7 Å². The Hall–Kier alpha value is -1.66. The molecule has 1 saturated heterocycles. The highest BCUT2D eigenvalue weighted by molar-refractivity contribution is 5.83. The van der Waals surface area contributed by atoms with Crippen LogP contribution < -0.4 is 11.1 Å². The number of carbonyl (C=O) groups excluding carboxylic acids is 1. The fourth-order valence-corrected chi connectivity index (χ4v) is 2.92. The monoisotopic (exact) mass is 320 g/mol. The Morgan fingerprint density at radius 2 is 2.13 bits per heavy atom. The first kappa shape index (κ1) is 17.7. The van der Waals surface area contributed by atoms with Gasteiger partial charge in [0, 0.05) is 24.8 Å². The highest BCUT2D eigenvalue weighted by atomic mass is 16.6. The highest BCUT2D eigenvalue weighted by Gasteiger charge is 2.28. The Bertz CT molecular complexity index is 568. The quantitative estimate of drug-likeness (QED) is 0.892. The molecule has 2 atom stereocenters. The van der Waals surface area contributed by atoms with Crippen LogP contribution in [0.2, 0.25) is 0 Å². The molecule has 1 fully saturated rings. The molecule has 128 valence electrons. The largest absolute Gasteiger partial charge is 0.444 e. The van der Waals surface area contributed by atoms with Crippen molar-refractivity contribution < 1.29 is 9.53 Å². The van der Waals surface area contributed by atoms with Gasteiger partial charge in [-0.2, -0.15) is 0 Å². The number of likely N-dealkylation sites (N-methyl/N-ethyl adjacent to an activating group) is 1. The molecule has 6 nitrogen and oxygen atoms in total. The lowest BCUT2D eigenvalue weighted by Gasteiger charge is -2.20. The molecule has 1 aromatic heterocycles. The van der Waals surface area contributed by atoms with E-state index < -0.39 is 11.7 Å². The lowest BCUT2D eigenvalue weighted by Crippen LogP contribution is -2.30. The molecule has 0 saturated carbocycles. The van der Waals surface area contributed by atoms with Gasteiger partial charge in [-0.1, -0.05) is 0 Å². The van der Waals surface area contributed by atoms with Gasteiger partial charge in [-0.25, -0.2) is 9.78 Å². The smallest absolute Gasteiger partial charge is 0.413 e. The number of pyridine rings is 1. The van der Waals surface area contributed by atoms with Gasteiger partial charge in [-0.15, -0.1) is 0 Å². The van der Waals surface area contributed by atoms with Crippen molar-refractivity contribution in [3.8, 4) is 0 Å². The van der Waals surface area contributed by atoms with Gasteiger partial charge in [-0.3, -0.25) is 5.32 Å². The third-order valence-electron chi connectivity index (χ3n) is 3.80. The maximum absolute atomic E-state index is 11.9. The Kier molecular flexibility index (Phi) is 5.26. The average molecular weight is 320 g/mol. The Labute approximate surface area is 138 Å². The lowest BCUT2D eigenvalue weighted by atomic mass is 9.98. The summed E-state index contributed by atoms with van der Waals surface area (Å²) in [5.41, 5.74) is 7.66. The number of rotatable bonds is 3. The predicted octanol–water partition coefficient (Wildman–Crippen LogP) is 2.17. The normalized spacial score (nSPS) is 22.2. The van der Waals surface area contributed by atoms with Crippen molar-refractivity contribution in [2.75, 3.05) is 25.5 Å². The van der Waals surface area contributed by atoms with E-state index in [2.05, 4.69) is 22.2 Å². The number of likely N-dealkylation sites (tertiary alicyclic amines) is 1. The van der Waals surface area contributed by atoms with E-state index >= 15 is 0 Å². The third kappa shape index (κ3) is 5.48. The first-order valence-corrected chi connectivity index (χ1v) is 8.04. The minimum atomic E-state index is -0.530. The zero-order valence-corrected chi connectivity index (χ0v) is 14.7. The zero-order chi connectivity index (χ0) is 17.2. The topological polar surface area (TPSA) is 80.5 Å². The average Bonchev–Trinajstić information content (AvgIpc) is 2.64. The molecule has 1 amide bonds. The van der Waals surface area contributed by atoms with Gasteiger partial charge in [0.05, 0.1) is 0 Å². The van der Waals surface area contributed by atoms with Crippen LogP contribution in [0.1, 0.15) is 32.0 Å². The van der Waals surface area contributed by atoms with Crippen molar-refractivity contribution in [1.29, 1.82) is 0 Å². The molecule has 0 radical (unpaired) electrons. The second-order valence-electron chi connectivity index (χ2n) is 7.50.